The van der Waals surface area contributed by atoms with E-state index in [1.165, 1.54) is 6.07 Å². The monoisotopic (exact) mass is 298 g/mol. The van der Waals surface area contributed by atoms with Crippen molar-refractivity contribution >= 4 is 26.9 Å². The maximum atomic E-state index is 11.4. The molecule has 0 atom stereocenters. The highest BCUT2D eigenvalue weighted by molar-refractivity contribution is 9.09. The molecule has 0 unspecified atom stereocenters. The Morgan fingerprint density at radius 2 is 2.18 bits per heavy atom. The topological polar surface area (TPSA) is 48.7 Å². The van der Waals surface area contributed by atoms with E-state index < -0.39 is 5.63 Å². The van der Waals surface area contributed by atoms with Crippen molar-refractivity contribution in [1.29, 1.82) is 0 Å². The summed E-state index contributed by atoms with van der Waals surface area (Å²) in [4.78, 5) is 11.4. The molecule has 0 aliphatic carbocycles. The lowest BCUT2D eigenvalue weighted by Gasteiger charge is -2.07. The zero-order valence-corrected chi connectivity index (χ0v) is 10.8. The zero-order chi connectivity index (χ0) is 12.3. The molecule has 0 bridgehead atoms. The molecule has 0 saturated heterocycles. The van der Waals surface area contributed by atoms with Gasteiger partial charge in [0.15, 0.2) is 0 Å². The Balaban J connectivity index is 2.55. The summed E-state index contributed by atoms with van der Waals surface area (Å²) in [6.07, 6.45) is 0. The molecule has 17 heavy (non-hydrogen) atoms. The first-order valence-electron chi connectivity index (χ1n) is 5.05. The lowest BCUT2D eigenvalue weighted by molar-refractivity contribution is 0.345. The van der Waals surface area contributed by atoms with Gasteiger partial charge in [-0.15, -0.1) is 0 Å². The second-order valence-corrected chi connectivity index (χ2v) is 4.12. The Labute approximate surface area is 106 Å². The average Bonchev–Trinajstić information content (AvgIpc) is 2.34. The van der Waals surface area contributed by atoms with Crippen LogP contribution in [0, 0.1) is 0 Å². The van der Waals surface area contributed by atoms with E-state index in [0.29, 0.717) is 29.0 Å². The normalized spacial score (nSPS) is 10.5. The zero-order valence-electron chi connectivity index (χ0n) is 9.23. The van der Waals surface area contributed by atoms with Crippen molar-refractivity contribution < 1.29 is 13.9 Å². The van der Waals surface area contributed by atoms with Crippen molar-refractivity contribution in [3.63, 3.8) is 0 Å². The van der Waals surface area contributed by atoms with Gasteiger partial charge in [0.05, 0.1) is 25.2 Å². The van der Waals surface area contributed by atoms with Gasteiger partial charge in [0, 0.05) is 11.4 Å². The van der Waals surface area contributed by atoms with E-state index in [2.05, 4.69) is 15.9 Å². The predicted octanol–water partition coefficient (Wildman–Crippen LogP) is 2.58. The first kappa shape index (κ1) is 12.0. The van der Waals surface area contributed by atoms with Crippen molar-refractivity contribution in [2.24, 2.45) is 0 Å². The molecular weight excluding hydrogens is 288 g/mol. The summed E-state index contributed by atoms with van der Waals surface area (Å²) < 4.78 is 15.6. The number of ether oxygens (including phenoxy) is 2. The molecule has 2 aromatic rings. The summed E-state index contributed by atoms with van der Waals surface area (Å²) in [6.45, 7) is 0.491. The smallest absolute Gasteiger partial charge is 0.339 e. The third kappa shape index (κ3) is 2.61. The van der Waals surface area contributed by atoms with Crippen molar-refractivity contribution in [1.82, 2.24) is 0 Å². The molecule has 0 fully saturated rings. The minimum Gasteiger partial charge on any atom is -0.497 e. The molecule has 0 aliphatic rings. The highest BCUT2D eigenvalue weighted by Crippen LogP contribution is 2.27. The van der Waals surface area contributed by atoms with E-state index in [4.69, 9.17) is 13.9 Å². The van der Waals surface area contributed by atoms with Gasteiger partial charge in [-0.3, -0.25) is 0 Å². The molecule has 90 valence electrons. The molecule has 0 spiro atoms. The molecule has 0 saturated carbocycles. The summed E-state index contributed by atoms with van der Waals surface area (Å²) in [6, 6.07) is 6.61. The SMILES string of the molecule is COc1ccc2c(OCCBr)cc(=O)oc2c1. The average molecular weight is 299 g/mol. The van der Waals surface area contributed by atoms with Gasteiger partial charge in [-0.25, -0.2) is 4.79 Å². The van der Waals surface area contributed by atoms with E-state index >= 15 is 0 Å². The standard InChI is InChI=1S/C12H11BrO4/c1-15-8-2-3-9-10(16-5-4-13)7-12(14)17-11(9)6-8/h2-3,6-7H,4-5H2,1H3. The number of hydrogen-bond acceptors (Lipinski definition) is 4. The number of rotatable bonds is 4. The van der Waals surface area contributed by atoms with Gasteiger partial charge >= 0.3 is 5.63 Å². The molecule has 0 radical (unpaired) electrons. The number of halogens is 1. The Hall–Kier alpha value is -1.49. The fourth-order valence-corrected chi connectivity index (χ4v) is 1.67. The Morgan fingerprint density at radius 1 is 1.35 bits per heavy atom. The van der Waals surface area contributed by atoms with E-state index in [1.54, 1.807) is 25.3 Å². The van der Waals surface area contributed by atoms with Gasteiger partial charge < -0.3 is 13.9 Å². The number of methoxy groups -OCH3 is 1. The van der Waals surface area contributed by atoms with Crippen LogP contribution < -0.4 is 15.1 Å². The van der Waals surface area contributed by atoms with Crippen molar-refractivity contribution in [2.45, 2.75) is 0 Å². The third-order valence-corrected chi connectivity index (χ3v) is 2.57. The molecule has 2 rings (SSSR count). The molecular formula is C12H11BrO4. The molecule has 1 aromatic carbocycles. The van der Waals surface area contributed by atoms with Crippen molar-refractivity contribution in [2.75, 3.05) is 19.0 Å². The van der Waals surface area contributed by atoms with Crippen LogP contribution in [0.5, 0.6) is 11.5 Å². The Morgan fingerprint density at radius 3 is 2.88 bits per heavy atom. The summed E-state index contributed by atoms with van der Waals surface area (Å²) in [7, 11) is 1.56. The largest absolute Gasteiger partial charge is 0.497 e. The summed E-state index contributed by atoms with van der Waals surface area (Å²) in [5, 5.41) is 1.46. The predicted molar refractivity (Wildman–Crippen MR) is 68.3 cm³/mol. The molecule has 0 amide bonds. The van der Waals surface area contributed by atoms with E-state index in [1.807, 2.05) is 0 Å². The first-order chi connectivity index (χ1) is 8.24. The highest BCUT2D eigenvalue weighted by Gasteiger charge is 2.07. The van der Waals surface area contributed by atoms with Gasteiger partial charge in [0.2, 0.25) is 0 Å². The fourth-order valence-electron chi connectivity index (χ4n) is 1.51. The number of alkyl halides is 1. The molecule has 4 nitrogen and oxygen atoms in total. The quantitative estimate of drug-likeness (QED) is 0.643. The minimum absolute atomic E-state index is 0.435. The number of hydrogen-bond donors (Lipinski definition) is 0. The molecule has 0 N–H and O–H groups in total. The van der Waals surface area contributed by atoms with Crippen LogP contribution in [0.3, 0.4) is 0 Å². The van der Waals surface area contributed by atoms with Gasteiger partial charge in [-0.1, -0.05) is 15.9 Å². The van der Waals surface area contributed by atoms with Crippen molar-refractivity contribution in [3.8, 4) is 11.5 Å². The first-order valence-corrected chi connectivity index (χ1v) is 6.17. The lowest BCUT2D eigenvalue weighted by Crippen LogP contribution is -2.03. The second kappa shape index (κ2) is 5.23. The second-order valence-electron chi connectivity index (χ2n) is 3.33. The maximum Gasteiger partial charge on any atom is 0.339 e. The summed E-state index contributed by atoms with van der Waals surface area (Å²) >= 11 is 3.27. The lowest BCUT2D eigenvalue weighted by atomic mass is 10.2. The molecule has 1 aromatic heterocycles. The minimum atomic E-state index is -0.435. The summed E-state index contributed by atoms with van der Waals surface area (Å²) in [5.41, 5.74) is 0.0248. The van der Waals surface area contributed by atoms with E-state index in [9.17, 15) is 4.79 Å². The van der Waals surface area contributed by atoms with Crippen LogP contribution in [0.2, 0.25) is 0 Å². The Kier molecular flexibility index (Phi) is 3.68. The van der Waals surface area contributed by atoms with Gasteiger partial charge in [0.1, 0.15) is 17.1 Å². The molecule has 0 aliphatic heterocycles. The fraction of sp³-hybridized carbons (Fsp3) is 0.250. The van der Waals surface area contributed by atoms with Crippen LogP contribution >= 0.6 is 15.9 Å². The highest BCUT2D eigenvalue weighted by atomic mass is 79.9. The van der Waals surface area contributed by atoms with Crippen LogP contribution in [0.25, 0.3) is 11.0 Å². The molecule has 1 heterocycles. The maximum absolute atomic E-state index is 11.4. The van der Waals surface area contributed by atoms with Crippen LogP contribution in [0.4, 0.5) is 0 Å². The molecule has 5 heteroatoms. The van der Waals surface area contributed by atoms with Crippen LogP contribution in [-0.4, -0.2) is 19.0 Å². The summed E-state index contributed by atoms with van der Waals surface area (Å²) in [5.74, 6) is 1.16. The van der Waals surface area contributed by atoms with E-state index in [0.717, 1.165) is 5.39 Å². The number of benzene rings is 1. The van der Waals surface area contributed by atoms with Crippen LogP contribution in [0.1, 0.15) is 0 Å². The van der Waals surface area contributed by atoms with Crippen molar-refractivity contribution in [3.05, 3.63) is 34.7 Å². The Bertz CT molecular complexity index is 576. The van der Waals surface area contributed by atoms with Gasteiger partial charge in [-0.2, -0.15) is 0 Å². The van der Waals surface area contributed by atoms with Gasteiger partial charge in [0.25, 0.3) is 0 Å². The van der Waals surface area contributed by atoms with Crippen LogP contribution in [0.15, 0.2) is 33.5 Å². The van der Waals surface area contributed by atoms with Gasteiger partial charge in [-0.05, 0) is 12.1 Å². The van der Waals surface area contributed by atoms with Crippen LogP contribution in [-0.2, 0) is 0 Å². The van der Waals surface area contributed by atoms with E-state index in [-0.39, 0.29) is 0 Å². The third-order valence-electron chi connectivity index (χ3n) is 2.25. The number of fused-ring (bicyclic) bond motifs is 1.